The fraction of sp³-hybridized carbons (Fsp3) is 0.188. The maximum absolute atomic E-state index is 12.1. The molecule has 2 aromatic rings. The van der Waals surface area contributed by atoms with Crippen molar-refractivity contribution in [2.75, 3.05) is 13.6 Å². The fourth-order valence-electron chi connectivity index (χ4n) is 1.95. The van der Waals surface area contributed by atoms with Gasteiger partial charge in [0.1, 0.15) is 0 Å². The van der Waals surface area contributed by atoms with Crippen molar-refractivity contribution in [3.8, 4) is 0 Å². The van der Waals surface area contributed by atoms with Gasteiger partial charge in [0.05, 0.1) is 11.4 Å². The highest BCUT2D eigenvalue weighted by Gasteiger charge is 2.17. The maximum atomic E-state index is 12.1. The number of nitrogens with one attached hydrogen (secondary N) is 1. The first-order valence-electron chi connectivity index (χ1n) is 6.91. The van der Waals surface area contributed by atoms with E-state index in [0.717, 1.165) is 5.56 Å². The number of halogens is 1. The van der Waals surface area contributed by atoms with E-state index in [1.807, 2.05) is 30.3 Å². The Balaban J connectivity index is 1.95. The van der Waals surface area contributed by atoms with Gasteiger partial charge >= 0.3 is 0 Å². The minimum atomic E-state index is -3.77. The van der Waals surface area contributed by atoms with Crippen molar-refractivity contribution in [3.63, 3.8) is 0 Å². The minimum Gasteiger partial charge on any atom is -0.340 e. The standard InChI is InChI=1S/C16H17ClN2O3S/c1-19(12-13-6-3-2-4-7-13)16(20)11-18-23(21,22)15-9-5-8-14(17)10-15/h2-10,18H,11-12H2,1H3. The number of rotatable bonds is 6. The molecule has 0 aromatic heterocycles. The Morgan fingerprint density at radius 1 is 1.13 bits per heavy atom. The summed E-state index contributed by atoms with van der Waals surface area (Å²) in [6.07, 6.45) is 0. The van der Waals surface area contributed by atoms with Gasteiger partial charge in [-0.1, -0.05) is 48.0 Å². The number of carbonyl (C=O) groups excluding carboxylic acids is 1. The van der Waals surface area contributed by atoms with Gasteiger partial charge in [0, 0.05) is 18.6 Å². The van der Waals surface area contributed by atoms with Crippen molar-refractivity contribution in [1.29, 1.82) is 0 Å². The predicted molar refractivity (Wildman–Crippen MR) is 89.6 cm³/mol. The molecule has 0 aliphatic carbocycles. The molecule has 2 aromatic carbocycles. The highest BCUT2D eigenvalue weighted by atomic mass is 35.5. The summed E-state index contributed by atoms with van der Waals surface area (Å²) in [4.78, 5) is 13.6. The van der Waals surface area contributed by atoms with Gasteiger partial charge in [-0.2, -0.15) is 0 Å². The van der Waals surface area contributed by atoms with E-state index in [1.54, 1.807) is 19.2 Å². The van der Waals surface area contributed by atoms with Crippen LogP contribution in [0, 0.1) is 0 Å². The molecule has 1 N–H and O–H groups in total. The molecule has 0 bridgehead atoms. The van der Waals surface area contributed by atoms with Crippen LogP contribution in [0.3, 0.4) is 0 Å². The van der Waals surface area contributed by atoms with Gasteiger partial charge in [-0.15, -0.1) is 0 Å². The van der Waals surface area contributed by atoms with Crippen LogP contribution in [-0.2, 0) is 21.4 Å². The van der Waals surface area contributed by atoms with E-state index >= 15 is 0 Å². The summed E-state index contributed by atoms with van der Waals surface area (Å²) in [6, 6.07) is 15.4. The van der Waals surface area contributed by atoms with Gasteiger partial charge < -0.3 is 4.90 Å². The highest BCUT2D eigenvalue weighted by Crippen LogP contribution is 2.15. The zero-order valence-electron chi connectivity index (χ0n) is 12.6. The zero-order chi connectivity index (χ0) is 16.9. The smallest absolute Gasteiger partial charge is 0.241 e. The Kier molecular flexibility index (Phi) is 5.76. The third-order valence-electron chi connectivity index (χ3n) is 3.21. The Bertz CT molecular complexity index is 779. The average Bonchev–Trinajstić information content (AvgIpc) is 2.53. The number of hydrogen-bond acceptors (Lipinski definition) is 3. The van der Waals surface area contributed by atoms with Crippen LogP contribution in [0.25, 0.3) is 0 Å². The van der Waals surface area contributed by atoms with E-state index in [4.69, 9.17) is 11.6 Å². The molecular weight excluding hydrogens is 336 g/mol. The number of likely N-dealkylation sites (N-methyl/N-ethyl adjacent to an activating group) is 1. The van der Waals surface area contributed by atoms with E-state index in [-0.39, 0.29) is 17.3 Å². The molecule has 0 aliphatic rings. The molecule has 23 heavy (non-hydrogen) atoms. The van der Waals surface area contributed by atoms with Crippen molar-refractivity contribution in [2.45, 2.75) is 11.4 Å². The zero-order valence-corrected chi connectivity index (χ0v) is 14.1. The van der Waals surface area contributed by atoms with Gasteiger partial charge in [-0.05, 0) is 23.8 Å². The molecule has 122 valence electrons. The van der Waals surface area contributed by atoms with Crippen molar-refractivity contribution in [3.05, 3.63) is 65.2 Å². The normalized spacial score (nSPS) is 11.2. The Hall–Kier alpha value is -1.89. The van der Waals surface area contributed by atoms with Crippen LogP contribution >= 0.6 is 11.6 Å². The molecule has 7 heteroatoms. The van der Waals surface area contributed by atoms with E-state index in [0.29, 0.717) is 11.6 Å². The molecule has 0 unspecified atom stereocenters. The Labute approximate surface area is 140 Å². The van der Waals surface area contributed by atoms with Crippen LogP contribution < -0.4 is 4.72 Å². The Morgan fingerprint density at radius 2 is 1.83 bits per heavy atom. The van der Waals surface area contributed by atoms with E-state index in [9.17, 15) is 13.2 Å². The predicted octanol–water partition coefficient (Wildman–Crippen LogP) is 2.28. The molecule has 0 saturated carbocycles. The topological polar surface area (TPSA) is 66.5 Å². The summed E-state index contributed by atoms with van der Waals surface area (Å²) in [5.41, 5.74) is 0.973. The SMILES string of the molecule is CN(Cc1ccccc1)C(=O)CNS(=O)(=O)c1cccc(Cl)c1. The molecule has 0 saturated heterocycles. The molecule has 0 spiro atoms. The van der Waals surface area contributed by atoms with E-state index in [2.05, 4.69) is 4.72 Å². The van der Waals surface area contributed by atoms with Crippen LogP contribution in [-0.4, -0.2) is 32.8 Å². The van der Waals surface area contributed by atoms with Gasteiger partial charge in [0.2, 0.25) is 15.9 Å². The number of benzene rings is 2. The quantitative estimate of drug-likeness (QED) is 0.867. The second-order valence-electron chi connectivity index (χ2n) is 5.02. The van der Waals surface area contributed by atoms with Gasteiger partial charge in [0.15, 0.2) is 0 Å². The summed E-state index contributed by atoms with van der Waals surface area (Å²) in [5, 5.41) is 0.320. The largest absolute Gasteiger partial charge is 0.340 e. The monoisotopic (exact) mass is 352 g/mol. The molecule has 1 amide bonds. The van der Waals surface area contributed by atoms with Crippen LogP contribution in [0.2, 0.25) is 5.02 Å². The second kappa shape index (κ2) is 7.59. The molecule has 0 radical (unpaired) electrons. The molecule has 5 nitrogen and oxygen atoms in total. The molecule has 0 aliphatic heterocycles. The van der Waals surface area contributed by atoms with Gasteiger partial charge in [-0.3, -0.25) is 4.79 Å². The summed E-state index contributed by atoms with van der Waals surface area (Å²) in [6.45, 7) is 0.108. The second-order valence-corrected chi connectivity index (χ2v) is 7.22. The van der Waals surface area contributed by atoms with Crippen molar-refractivity contribution in [2.24, 2.45) is 0 Å². The molecule has 0 heterocycles. The fourth-order valence-corrected chi connectivity index (χ4v) is 3.23. The lowest BCUT2D eigenvalue weighted by Crippen LogP contribution is -2.37. The summed E-state index contributed by atoms with van der Waals surface area (Å²) in [7, 11) is -2.14. The molecular formula is C16H17ClN2O3S. The van der Waals surface area contributed by atoms with Crippen LogP contribution in [0.1, 0.15) is 5.56 Å². The molecule has 2 rings (SSSR count). The molecule has 0 fully saturated rings. The number of amides is 1. The minimum absolute atomic E-state index is 0.0310. The van der Waals surface area contributed by atoms with E-state index in [1.165, 1.54) is 17.0 Å². The lowest BCUT2D eigenvalue weighted by atomic mass is 10.2. The number of carbonyl (C=O) groups is 1. The first-order valence-corrected chi connectivity index (χ1v) is 8.78. The number of nitrogens with zero attached hydrogens (tertiary/aromatic N) is 1. The van der Waals surface area contributed by atoms with Crippen molar-refractivity contribution in [1.82, 2.24) is 9.62 Å². The summed E-state index contributed by atoms with van der Waals surface area (Å²) in [5.74, 6) is -0.320. The average molecular weight is 353 g/mol. The lowest BCUT2D eigenvalue weighted by Gasteiger charge is -2.17. The Morgan fingerprint density at radius 3 is 2.48 bits per heavy atom. The van der Waals surface area contributed by atoms with Crippen LogP contribution in [0.15, 0.2) is 59.5 Å². The number of hydrogen-bond donors (Lipinski definition) is 1. The lowest BCUT2D eigenvalue weighted by molar-refractivity contribution is -0.129. The maximum Gasteiger partial charge on any atom is 0.241 e. The summed E-state index contributed by atoms with van der Waals surface area (Å²) < 4.78 is 26.5. The van der Waals surface area contributed by atoms with Gasteiger partial charge in [-0.25, -0.2) is 13.1 Å². The van der Waals surface area contributed by atoms with Crippen molar-refractivity contribution < 1.29 is 13.2 Å². The first-order chi connectivity index (χ1) is 10.9. The van der Waals surface area contributed by atoms with Crippen molar-refractivity contribution >= 4 is 27.5 Å². The number of sulfonamides is 1. The third-order valence-corrected chi connectivity index (χ3v) is 4.84. The van der Waals surface area contributed by atoms with Crippen LogP contribution in [0.4, 0.5) is 0 Å². The summed E-state index contributed by atoms with van der Waals surface area (Å²) >= 11 is 5.79. The van der Waals surface area contributed by atoms with Gasteiger partial charge in [0.25, 0.3) is 0 Å². The van der Waals surface area contributed by atoms with E-state index < -0.39 is 10.0 Å². The molecule has 0 atom stereocenters. The third kappa shape index (κ3) is 5.06. The highest BCUT2D eigenvalue weighted by molar-refractivity contribution is 7.89. The van der Waals surface area contributed by atoms with Crippen LogP contribution in [0.5, 0.6) is 0 Å². The first kappa shape index (κ1) is 17.5.